The molecule has 0 aliphatic heterocycles. The average Bonchev–Trinajstić information content (AvgIpc) is 2.95. The van der Waals surface area contributed by atoms with E-state index < -0.39 is 0 Å². The molecule has 1 atom stereocenters. The molecule has 2 rings (SSSR count). The number of nitrogens with two attached hydrogens (primary N) is 2. The van der Waals surface area contributed by atoms with Gasteiger partial charge in [0.2, 0.25) is 0 Å². The van der Waals surface area contributed by atoms with Crippen molar-refractivity contribution in [3.05, 3.63) is 57.8 Å². The van der Waals surface area contributed by atoms with Gasteiger partial charge in [-0.05, 0) is 23.4 Å². The molecule has 1 aromatic carbocycles. The van der Waals surface area contributed by atoms with Gasteiger partial charge in [-0.1, -0.05) is 43.7 Å². The summed E-state index contributed by atoms with van der Waals surface area (Å²) in [6, 6.07) is 13.0. The SMILES string of the molecule is CCCc1ccc([C@H]([NH2+]CC(N)=O)c2cccs2)cc1. The molecular weight excluding hydrogens is 268 g/mol. The number of carbonyl (C=O) groups excluding carboxylic acids is 1. The second-order valence-electron chi connectivity index (χ2n) is 4.89. The van der Waals surface area contributed by atoms with Crippen LogP contribution in [0.25, 0.3) is 0 Å². The lowest BCUT2D eigenvalue weighted by atomic mass is 10.0. The van der Waals surface area contributed by atoms with Crippen LogP contribution in [0.4, 0.5) is 0 Å². The summed E-state index contributed by atoms with van der Waals surface area (Å²) in [5.74, 6) is -0.283. The molecule has 1 heterocycles. The number of carbonyl (C=O) groups is 1. The van der Waals surface area contributed by atoms with E-state index in [-0.39, 0.29) is 11.9 Å². The Balaban J connectivity index is 2.19. The van der Waals surface area contributed by atoms with E-state index in [4.69, 9.17) is 5.73 Å². The van der Waals surface area contributed by atoms with E-state index in [2.05, 4.69) is 42.6 Å². The minimum absolute atomic E-state index is 0.151. The summed E-state index contributed by atoms with van der Waals surface area (Å²) in [4.78, 5) is 12.3. The topological polar surface area (TPSA) is 59.7 Å². The second-order valence-corrected chi connectivity index (χ2v) is 5.87. The number of rotatable bonds is 7. The number of primary amides is 1. The molecule has 0 radical (unpaired) electrons. The molecule has 0 fully saturated rings. The molecule has 0 saturated heterocycles. The Kier molecular flexibility index (Phi) is 5.32. The van der Waals surface area contributed by atoms with Crippen LogP contribution in [0.3, 0.4) is 0 Å². The number of thiophene rings is 1. The zero-order chi connectivity index (χ0) is 14.4. The van der Waals surface area contributed by atoms with Gasteiger partial charge in [0.25, 0.3) is 5.91 Å². The van der Waals surface area contributed by atoms with Crippen molar-refractivity contribution in [2.24, 2.45) is 5.73 Å². The van der Waals surface area contributed by atoms with Crippen molar-refractivity contribution in [2.75, 3.05) is 6.54 Å². The van der Waals surface area contributed by atoms with Crippen LogP contribution >= 0.6 is 11.3 Å². The Bertz CT molecular complexity index is 534. The summed E-state index contributed by atoms with van der Waals surface area (Å²) in [6.45, 7) is 2.49. The molecule has 4 heteroatoms. The van der Waals surface area contributed by atoms with E-state index in [1.54, 1.807) is 11.3 Å². The first-order chi connectivity index (χ1) is 9.70. The Morgan fingerprint density at radius 1 is 1.30 bits per heavy atom. The lowest BCUT2D eigenvalue weighted by Crippen LogP contribution is -2.87. The lowest BCUT2D eigenvalue weighted by Gasteiger charge is -2.14. The molecule has 106 valence electrons. The largest absolute Gasteiger partial charge is 0.365 e. The van der Waals surface area contributed by atoms with Crippen molar-refractivity contribution < 1.29 is 10.1 Å². The number of quaternary nitrogens is 1. The quantitative estimate of drug-likeness (QED) is 0.803. The summed E-state index contributed by atoms with van der Waals surface area (Å²) in [5, 5.41) is 4.06. The molecular formula is C16H21N2OS+. The minimum Gasteiger partial charge on any atom is -0.365 e. The normalized spacial score (nSPS) is 12.2. The first-order valence-corrected chi connectivity index (χ1v) is 7.82. The Labute approximate surface area is 123 Å². The Morgan fingerprint density at radius 2 is 2.05 bits per heavy atom. The van der Waals surface area contributed by atoms with Gasteiger partial charge < -0.3 is 11.1 Å². The molecule has 0 aliphatic carbocycles. The maximum absolute atomic E-state index is 11.0. The predicted molar refractivity (Wildman–Crippen MR) is 82.6 cm³/mol. The highest BCUT2D eigenvalue weighted by molar-refractivity contribution is 7.10. The summed E-state index contributed by atoms with van der Waals surface area (Å²) in [7, 11) is 0. The van der Waals surface area contributed by atoms with Crippen LogP contribution in [-0.4, -0.2) is 12.5 Å². The predicted octanol–water partition coefficient (Wildman–Crippen LogP) is 1.84. The van der Waals surface area contributed by atoms with Crippen LogP contribution in [0.15, 0.2) is 41.8 Å². The standard InChI is InChI=1S/C16H20N2OS/c1-2-4-12-6-8-13(9-7-12)16(18-11-15(17)19)14-5-3-10-20-14/h3,5-10,16,18H,2,4,11H2,1H3,(H2,17,19)/p+1/t16-/m0/s1. The first-order valence-electron chi connectivity index (χ1n) is 6.94. The third-order valence-corrected chi connectivity index (χ3v) is 4.24. The van der Waals surface area contributed by atoms with Gasteiger partial charge in [0.1, 0.15) is 6.04 Å². The smallest absolute Gasteiger partial charge is 0.272 e. The van der Waals surface area contributed by atoms with Gasteiger partial charge in [-0.15, -0.1) is 11.3 Å². The van der Waals surface area contributed by atoms with Crippen LogP contribution in [0, 0.1) is 0 Å². The van der Waals surface area contributed by atoms with Gasteiger partial charge in [-0.25, -0.2) is 0 Å². The second kappa shape index (κ2) is 7.22. The van der Waals surface area contributed by atoms with E-state index in [1.165, 1.54) is 16.0 Å². The van der Waals surface area contributed by atoms with Crippen molar-refractivity contribution in [3.8, 4) is 0 Å². The Morgan fingerprint density at radius 3 is 2.60 bits per heavy atom. The number of benzene rings is 1. The van der Waals surface area contributed by atoms with Crippen LogP contribution in [-0.2, 0) is 11.2 Å². The van der Waals surface area contributed by atoms with E-state index in [0.29, 0.717) is 6.54 Å². The van der Waals surface area contributed by atoms with Gasteiger partial charge >= 0.3 is 0 Å². The average molecular weight is 289 g/mol. The fraction of sp³-hybridized carbons (Fsp3) is 0.312. The summed E-state index contributed by atoms with van der Waals surface area (Å²) in [6.07, 6.45) is 2.26. The van der Waals surface area contributed by atoms with E-state index in [9.17, 15) is 4.79 Å². The van der Waals surface area contributed by atoms with Crippen molar-refractivity contribution in [2.45, 2.75) is 25.8 Å². The van der Waals surface area contributed by atoms with E-state index >= 15 is 0 Å². The van der Waals surface area contributed by atoms with E-state index in [1.807, 2.05) is 11.4 Å². The lowest BCUT2D eigenvalue weighted by molar-refractivity contribution is -0.676. The fourth-order valence-electron chi connectivity index (χ4n) is 2.30. The van der Waals surface area contributed by atoms with Crippen molar-refractivity contribution in [1.82, 2.24) is 0 Å². The molecule has 0 saturated carbocycles. The molecule has 1 amide bonds. The number of hydrogen-bond acceptors (Lipinski definition) is 2. The molecule has 20 heavy (non-hydrogen) atoms. The molecule has 0 spiro atoms. The highest BCUT2D eigenvalue weighted by Gasteiger charge is 2.19. The highest BCUT2D eigenvalue weighted by atomic mass is 32.1. The van der Waals surface area contributed by atoms with Crippen LogP contribution in [0.2, 0.25) is 0 Å². The highest BCUT2D eigenvalue weighted by Crippen LogP contribution is 2.23. The third-order valence-electron chi connectivity index (χ3n) is 3.28. The summed E-state index contributed by atoms with van der Waals surface area (Å²) in [5.41, 5.74) is 7.84. The molecule has 4 N–H and O–H groups in total. The zero-order valence-corrected chi connectivity index (χ0v) is 12.5. The molecule has 2 aromatic rings. The minimum atomic E-state index is -0.283. The maximum atomic E-state index is 11.0. The van der Waals surface area contributed by atoms with Crippen molar-refractivity contribution in [1.29, 1.82) is 0 Å². The van der Waals surface area contributed by atoms with Crippen molar-refractivity contribution >= 4 is 17.2 Å². The first kappa shape index (κ1) is 14.8. The number of hydrogen-bond donors (Lipinski definition) is 2. The maximum Gasteiger partial charge on any atom is 0.272 e. The Hall–Kier alpha value is -1.65. The number of aryl methyl sites for hydroxylation is 1. The van der Waals surface area contributed by atoms with Gasteiger partial charge in [-0.2, -0.15) is 0 Å². The molecule has 0 unspecified atom stereocenters. The fourth-order valence-corrected chi connectivity index (χ4v) is 3.15. The molecule has 3 nitrogen and oxygen atoms in total. The van der Waals surface area contributed by atoms with Gasteiger partial charge in [0.05, 0.1) is 4.88 Å². The molecule has 1 aromatic heterocycles. The molecule has 0 aliphatic rings. The van der Waals surface area contributed by atoms with Gasteiger partial charge in [0.15, 0.2) is 6.54 Å². The monoisotopic (exact) mass is 289 g/mol. The number of amides is 1. The van der Waals surface area contributed by atoms with Gasteiger partial charge in [0, 0.05) is 5.56 Å². The van der Waals surface area contributed by atoms with E-state index in [0.717, 1.165) is 12.8 Å². The summed E-state index contributed by atoms with van der Waals surface area (Å²) >= 11 is 1.71. The molecule has 0 bridgehead atoms. The zero-order valence-electron chi connectivity index (χ0n) is 11.7. The van der Waals surface area contributed by atoms with Crippen LogP contribution in [0.5, 0.6) is 0 Å². The van der Waals surface area contributed by atoms with Crippen molar-refractivity contribution in [3.63, 3.8) is 0 Å². The third kappa shape index (κ3) is 3.92. The summed E-state index contributed by atoms with van der Waals surface area (Å²) < 4.78 is 0. The van der Waals surface area contributed by atoms with Gasteiger partial charge in [-0.3, -0.25) is 4.79 Å². The van der Waals surface area contributed by atoms with Crippen LogP contribution in [0.1, 0.15) is 35.4 Å². The van der Waals surface area contributed by atoms with Crippen LogP contribution < -0.4 is 11.1 Å².